The van der Waals surface area contributed by atoms with Gasteiger partial charge in [0.1, 0.15) is 29.6 Å². The summed E-state index contributed by atoms with van der Waals surface area (Å²) in [4.78, 5) is 50.1. The topological polar surface area (TPSA) is 145 Å². The van der Waals surface area contributed by atoms with Crippen molar-refractivity contribution in [2.24, 2.45) is 0 Å². The molecule has 186 valence electrons. The zero-order valence-electron chi connectivity index (χ0n) is 19.4. The van der Waals surface area contributed by atoms with Crippen LogP contribution in [-0.4, -0.2) is 68.0 Å². The van der Waals surface area contributed by atoms with Crippen LogP contribution in [0.5, 0.6) is 0 Å². The molecule has 3 atom stereocenters. The number of nitrogens with zero attached hydrogens (tertiary/aromatic N) is 1. The Morgan fingerprint density at radius 2 is 1.94 bits per heavy atom. The van der Waals surface area contributed by atoms with Crippen LogP contribution in [0.2, 0.25) is 0 Å². The Kier molecular flexibility index (Phi) is 10.3. The highest BCUT2D eigenvalue weighted by molar-refractivity contribution is 7.85. The predicted octanol–water partition coefficient (Wildman–Crippen LogP) is 1.59. The van der Waals surface area contributed by atoms with Gasteiger partial charge in [0.05, 0.1) is 4.75 Å². The third-order valence-corrected chi connectivity index (χ3v) is 7.70. The molecule has 11 heteroatoms. The van der Waals surface area contributed by atoms with Crippen molar-refractivity contribution in [1.82, 2.24) is 20.3 Å². The maximum Gasteiger partial charge on any atom is 0.405 e. The van der Waals surface area contributed by atoms with Crippen LogP contribution in [0.3, 0.4) is 0 Å². The van der Waals surface area contributed by atoms with E-state index < -0.39 is 58.2 Å². The molecule has 2 fully saturated rings. The van der Waals surface area contributed by atoms with E-state index in [-0.39, 0.29) is 6.42 Å². The lowest BCUT2D eigenvalue weighted by Crippen LogP contribution is -2.54. The lowest BCUT2D eigenvalue weighted by molar-refractivity contribution is -0.138. The molecule has 0 aromatic carbocycles. The van der Waals surface area contributed by atoms with E-state index in [2.05, 4.69) is 17.0 Å². The van der Waals surface area contributed by atoms with E-state index in [1.807, 2.05) is 24.4 Å². The number of carbonyl (C=O) groups excluding carboxylic acids is 3. The van der Waals surface area contributed by atoms with E-state index in [1.54, 1.807) is 0 Å². The molecular formula is C22H36N4O6S. The molecular weight excluding hydrogens is 448 g/mol. The van der Waals surface area contributed by atoms with Crippen molar-refractivity contribution in [2.75, 3.05) is 13.1 Å². The number of nitrogens with one attached hydrogen (secondary N) is 3. The second-order valence-corrected chi connectivity index (χ2v) is 10.6. The summed E-state index contributed by atoms with van der Waals surface area (Å²) in [5.41, 5.74) is 0. The molecule has 0 spiro atoms. The Balaban J connectivity index is 2.00. The van der Waals surface area contributed by atoms with Crippen LogP contribution in [-0.2, 0) is 25.4 Å². The molecule has 1 aliphatic heterocycles. The minimum atomic E-state index is -1.53. The quantitative estimate of drug-likeness (QED) is 0.231. The van der Waals surface area contributed by atoms with Crippen LogP contribution in [0, 0.1) is 0 Å². The van der Waals surface area contributed by atoms with E-state index >= 15 is 0 Å². The number of hydrogen-bond acceptors (Lipinski definition) is 5. The first kappa shape index (κ1) is 26.8. The van der Waals surface area contributed by atoms with Crippen molar-refractivity contribution < 1.29 is 28.5 Å². The lowest BCUT2D eigenvalue weighted by Gasteiger charge is -2.26. The van der Waals surface area contributed by atoms with Crippen LogP contribution in [0.1, 0.15) is 71.6 Å². The number of hydrogen-bond donors (Lipinski definition) is 4. The van der Waals surface area contributed by atoms with Gasteiger partial charge in [0.15, 0.2) is 0 Å². The van der Waals surface area contributed by atoms with Gasteiger partial charge in [-0.15, -0.1) is 0 Å². The second-order valence-electron chi connectivity index (χ2n) is 8.85. The molecule has 0 aromatic rings. The van der Waals surface area contributed by atoms with Crippen molar-refractivity contribution in [3.8, 4) is 0 Å². The third-order valence-electron chi connectivity index (χ3n) is 6.01. The summed E-state index contributed by atoms with van der Waals surface area (Å²) in [5, 5.41) is 13.4. The van der Waals surface area contributed by atoms with Gasteiger partial charge in [-0.3, -0.25) is 19.1 Å². The first-order valence-corrected chi connectivity index (χ1v) is 12.8. The molecule has 0 bridgehead atoms. The highest BCUT2D eigenvalue weighted by atomic mass is 32.2. The van der Waals surface area contributed by atoms with E-state index in [0.717, 1.165) is 38.5 Å². The minimum Gasteiger partial charge on any atom is -0.465 e. The summed E-state index contributed by atoms with van der Waals surface area (Å²) in [5.74, 6) is -1.48. The first-order valence-electron chi connectivity index (χ1n) is 11.6. The van der Waals surface area contributed by atoms with Crippen LogP contribution < -0.4 is 15.4 Å². The van der Waals surface area contributed by atoms with E-state index in [9.17, 15) is 23.4 Å². The fourth-order valence-electron chi connectivity index (χ4n) is 3.60. The molecule has 2 rings (SSSR count). The highest BCUT2D eigenvalue weighted by Gasteiger charge is 2.45. The smallest absolute Gasteiger partial charge is 0.405 e. The molecule has 1 aliphatic carbocycles. The van der Waals surface area contributed by atoms with Gasteiger partial charge in [0.25, 0.3) is 5.91 Å². The number of allylic oxidation sites excluding steroid dienone is 1. The number of carboxylic acid groups (broad SMARTS) is 1. The van der Waals surface area contributed by atoms with Gasteiger partial charge in [-0.1, -0.05) is 31.9 Å². The van der Waals surface area contributed by atoms with Crippen LogP contribution in [0.4, 0.5) is 4.79 Å². The zero-order valence-corrected chi connectivity index (χ0v) is 20.2. The lowest BCUT2D eigenvalue weighted by atomic mass is 10.1. The van der Waals surface area contributed by atoms with E-state index in [1.165, 1.54) is 4.90 Å². The Morgan fingerprint density at radius 1 is 1.21 bits per heavy atom. The number of carbonyl (C=O) groups is 4. The monoisotopic (exact) mass is 484 g/mol. The van der Waals surface area contributed by atoms with Gasteiger partial charge in [-0.05, 0) is 51.9 Å². The molecule has 10 nitrogen and oxygen atoms in total. The average molecular weight is 485 g/mol. The van der Waals surface area contributed by atoms with Crippen molar-refractivity contribution in [2.45, 2.75) is 88.5 Å². The fraction of sp³-hybridized carbons (Fsp3) is 0.727. The molecule has 1 saturated heterocycles. The Morgan fingerprint density at radius 3 is 2.58 bits per heavy atom. The standard InChI is InChI=1S/C22H36N4O6S/c1-3-4-5-6-7-8-10-16(19(28)25-33(32)22(2)12-13-22)24-20(29)17-11-9-14-26(17)18(27)15-23-21(30)31/h7-8,16-17,23H,3-6,9-15H2,1-2H3,(H,24,29)(H,25,28)(H,30,31)/b8-7-. The molecule has 0 radical (unpaired) electrons. The van der Waals surface area contributed by atoms with Crippen molar-refractivity contribution in [3.63, 3.8) is 0 Å². The zero-order chi connectivity index (χ0) is 24.4. The minimum absolute atomic E-state index is 0.249. The van der Waals surface area contributed by atoms with Crippen LogP contribution in [0.25, 0.3) is 0 Å². The Bertz CT molecular complexity index is 783. The molecule has 4 N–H and O–H groups in total. The van der Waals surface area contributed by atoms with Crippen molar-refractivity contribution in [1.29, 1.82) is 0 Å². The van der Waals surface area contributed by atoms with Gasteiger partial charge in [-0.25, -0.2) is 9.00 Å². The molecule has 33 heavy (non-hydrogen) atoms. The fourth-order valence-corrected chi connectivity index (χ4v) is 4.64. The van der Waals surface area contributed by atoms with Crippen LogP contribution >= 0.6 is 0 Å². The molecule has 3 unspecified atom stereocenters. The summed E-state index contributed by atoms with van der Waals surface area (Å²) in [6.07, 6.45) is 9.48. The predicted molar refractivity (Wildman–Crippen MR) is 125 cm³/mol. The van der Waals surface area contributed by atoms with Gasteiger partial charge < -0.3 is 20.6 Å². The Labute approximate surface area is 197 Å². The normalized spacial score (nSPS) is 20.8. The van der Waals surface area contributed by atoms with Gasteiger partial charge in [0, 0.05) is 6.54 Å². The van der Waals surface area contributed by atoms with E-state index in [4.69, 9.17) is 5.11 Å². The maximum absolute atomic E-state index is 13.0. The number of unbranched alkanes of at least 4 members (excludes halogenated alkanes) is 3. The largest absolute Gasteiger partial charge is 0.465 e. The van der Waals surface area contributed by atoms with Crippen molar-refractivity contribution in [3.05, 3.63) is 12.2 Å². The molecule has 1 heterocycles. The summed E-state index contributed by atoms with van der Waals surface area (Å²) in [7, 11) is -1.53. The number of likely N-dealkylation sites (tertiary alicyclic amines) is 1. The second kappa shape index (κ2) is 12.7. The molecule has 0 aromatic heterocycles. The van der Waals surface area contributed by atoms with E-state index in [0.29, 0.717) is 19.4 Å². The average Bonchev–Trinajstić information content (AvgIpc) is 3.33. The summed E-state index contributed by atoms with van der Waals surface area (Å²) >= 11 is 0. The SMILES string of the molecule is CCCCC/C=C\CC(NC(=O)C1CCCN1C(=O)CNC(=O)O)C(=O)NS(=O)C1(C)CC1. The highest BCUT2D eigenvalue weighted by Crippen LogP contribution is 2.40. The van der Waals surface area contributed by atoms with Gasteiger partial charge >= 0.3 is 6.09 Å². The van der Waals surface area contributed by atoms with Crippen molar-refractivity contribution >= 4 is 34.8 Å². The van der Waals surface area contributed by atoms with Gasteiger partial charge in [-0.2, -0.15) is 0 Å². The first-order chi connectivity index (χ1) is 15.7. The van der Waals surface area contributed by atoms with Crippen LogP contribution in [0.15, 0.2) is 12.2 Å². The Hall–Kier alpha value is -2.43. The molecule has 2 aliphatic rings. The number of rotatable bonds is 13. The van der Waals surface area contributed by atoms with Gasteiger partial charge in [0.2, 0.25) is 11.8 Å². The summed E-state index contributed by atoms with van der Waals surface area (Å²) in [6.45, 7) is 3.89. The molecule has 1 saturated carbocycles. The molecule has 4 amide bonds. The third kappa shape index (κ3) is 8.45. The maximum atomic E-state index is 13.0. The summed E-state index contributed by atoms with van der Waals surface area (Å²) in [6, 6.07) is -1.69. The number of amides is 4. The summed E-state index contributed by atoms with van der Waals surface area (Å²) < 4.78 is 14.6.